The van der Waals surface area contributed by atoms with Crippen LogP contribution in [0.25, 0.3) is 0 Å². The summed E-state index contributed by atoms with van der Waals surface area (Å²) in [5.41, 5.74) is 0.829. The Morgan fingerprint density at radius 3 is 2.95 bits per heavy atom. The molecule has 0 aliphatic heterocycles. The van der Waals surface area contributed by atoms with Gasteiger partial charge in [-0.2, -0.15) is 0 Å². The number of hydrogen-bond donors (Lipinski definition) is 2. The molecule has 0 saturated heterocycles. The minimum Gasteiger partial charge on any atom is -0.395 e. The number of amides is 1. The number of carbonyl (C=O) groups excluding carboxylic acids is 1. The van der Waals surface area contributed by atoms with Crippen LogP contribution in [-0.4, -0.2) is 22.8 Å². The molecular weight excluding hydrogens is 275 g/mol. The summed E-state index contributed by atoms with van der Waals surface area (Å²) in [5, 5.41) is 14.9. The molecule has 1 aromatic carbocycles. The van der Waals surface area contributed by atoms with E-state index in [9.17, 15) is 9.18 Å². The number of aromatic nitrogens is 1. The first-order chi connectivity index (χ1) is 10.1. The minimum atomic E-state index is -0.469. The predicted molar refractivity (Wildman–Crippen MR) is 74.2 cm³/mol. The van der Waals surface area contributed by atoms with Gasteiger partial charge in [0.25, 0.3) is 5.91 Å². The molecule has 0 radical (unpaired) electrons. The number of rotatable bonds is 3. The maximum Gasteiger partial charge on any atom is 0.277 e. The van der Waals surface area contributed by atoms with Crippen molar-refractivity contribution in [3.63, 3.8) is 0 Å². The van der Waals surface area contributed by atoms with E-state index in [4.69, 9.17) is 9.63 Å². The number of carbonyl (C=O) groups is 1. The molecule has 2 rings (SSSR count). The van der Waals surface area contributed by atoms with Gasteiger partial charge < -0.3 is 14.9 Å². The zero-order valence-electron chi connectivity index (χ0n) is 11.3. The van der Waals surface area contributed by atoms with Crippen LogP contribution in [0.2, 0.25) is 0 Å². The summed E-state index contributed by atoms with van der Waals surface area (Å²) in [6.45, 7) is 1.59. The third-order valence-corrected chi connectivity index (χ3v) is 2.55. The molecule has 2 N–H and O–H groups in total. The van der Waals surface area contributed by atoms with Crippen molar-refractivity contribution in [2.45, 2.75) is 13.3 Å². The summed E-state index contributed by atoms with van der Waals surface area (Å²) in [6, 6.07) is 5.36. The lowest BCUT2D eigenvalue weighted by molar-refractivity contribution is 0.101. The van der Waals surface area contributed by atoms with E-state index < -0.39 is 11.7 Å². The highest BCUT2D eigenvalue weighted by Crippen LogP contribution is 2.17. The first-order valence-corrected chi connectivity index (χ1v) is 6.24. The summed E-state index contributed by atoms with van der Waals surface area (Å²) < 4.78 is 18.1. The van der Waals surface area contributed by atoms with E-state index in [1.165, 1.54) is 24.3 Å². The number of anilines is 1. The van der Waals surface area contributed by atoms with Crippen LogP contribution in [0.1, 0.15) is 28.2 Å². The summed E-state index contributed by atoms with van der Waals surface area (Å²) in [5.74, 6) is 4.98. The Morgan fingerprint density at radius 1 is 1.48 bits per heavy atom. The average Bonchev–Trinajstić information content (AvgIpc) is 2.88. The molecule has 1 aromatic heterocycles. The number of nitrogens with one attached hydrogen (secondary N) is 1. The Labute approximate surface area is 120 Å². The van der Waals surface area contributed by atoms with Crippen LogP contribution >= 0.6 is 0 Å². The van der Waals surface area contributed by atoms with E-state index in [0.717, 1.165) is 0 Å². The van der Waals surface area contributed by atoms with Crippen molar-refractivity contribution >= 4 is 11.6 Å². The van der Waals surface area contributed by atoms with E-state index in [1.807, 2.05) is 0 Å². The average molecular weight is 288 g/mol. The molecule has 0 aliphatic rings. The summed E-state index contributed by atoms with van der Waals surface area (Å²) in [4.78, 5) is 12.0. The van der Waals surface area contributed by atoms with Crippen LogP contribution in [0.15, 0.2) is 28.8 Å². The third-order valence-electron chi connectivity index (χ3n) is 2.55. The monoisotopic (exact) mass is 288 g/mol. The van der Waals surface area contributed by atoms with Crippen molar-refractivity contribution < 1.29 is 18.8 Å². The van der Waals surface area contributed by atoms with Gasteiger partial charge in [-0.05, 0) is 25.1 Å². The maximum absolute atomic E-state index is 13.3. The number of aliphatic hydroxyl groups excluding tert-OH is 1. The SMILES string of the molecule is Cc1cc(C(=O)Nc2ccc(F)cc2C#CCCO)no1. The highest BCUT2D eigenvalue weighted by atomic mass is 19.1. The van der Waals surface area contributed by atoms with Crippen LogP contribution in [0.3, 0.4) is 0 Å². The Hall–Kier alpha value is -2.65. The van der Waals surface area contributed by atoms with Gasteiger partial charge in [-0.1, -0.05) is 17.0 Å². The largest absolute Gasteiger partial charge is 0.395 e. The molecular formula is C15H13FN2O3. The fourth-order valence-corrected chi connectivity index (χ4v) is 1.60. The molecule has 6 heteroatoms. The second-order valence-corrected chi connectivity index (χ2v) is 4.24. The Balaban J connectivity index is 2.23. The van der Waals surface area contributed by atoms with Gasteiger partial charge in [-0.3, -0.25) is 4.79 Å². The zero-order valence-corrected chi connectivity index (χ0v) is 11.3. The molecule has 0 spiro atoms. The van der Waals surface area contributed by atoms with Gasteiger partial charge in [-0.25, -0.2) is 4.39 Å². The Kier molecular flexibility index (Phi) is 4.69. The molecule has 21 heavy (non-hydrogen) atoms. The molecule has 0 bridgehead atoms. The molecule has 0 fully saturated rings. The van der Waals surface area contributed by atoms with Gasteiger partial charge in [0.2, 0.25) is 0 Å². The highest BCUT2D eigenvalue weighted by Gasteiger charge is 2.13. The van der Waals surface area contributed by atoms with Crippen LogP contribution < -0.4 is 5.32 Å². The van der Waals surface area contributed by atoms with Gasteiger partial charge in [-0.15, -0.1) is 0 Å². The number of aliphatic hydroxyl groups is 1. The van der Waals surface area contributed by atoms with E-state index in [1.54, 1.807) is 6.92 Å². The number of aryl methyl sites for hydroxylation is 1. The van der Waals surface area contributed by atoms with Gasteiger partial charge in [0.05, 0.1) is 17.9 Å². The van der Waals surface area contributed by atoms with E-state index >= 15 is 0 Å². The Morgan fingerprint density at radius 2 is 2.29 bits per heavy atom. The highest BCUT2D eigenvalue weighted by molar-refractivity contribution is 6.03. The molecule has 0 atom stereocenters. The normalized spacial score (nSPS) is 9.86. The van der Waals surface area contributed by atoms with Crippen LogP contribution in [0, 0.1) is 24.6 Å². The van der Waals surface area contributed by atoms with Gasteiger partial charge >= 0.3 is 0 Å². The number of nitrogens with zero attached hydrogens (tertiary/aromatic N) is 1. The zero-order chi connectivity index (χ0) is 15.2. The van der Waals surface area contributed by atoms with Crippen LogP contribution in [0.4, 0.5) is 10.1 Å². The molecule has 1 amide bonds. The predicted octanol–water partition coefficient (Wildman–Crippen LogP) is 2.11. The minimum absolute atomic E-state index is 0.0811. The van der Waals surface area contributed by atoms with Crippen molar-refractivity contribution in [2.24, 2.45) is 0 Å². The number of hydrogen-bond acceptors (Lipinski definition) is 4. The number of halogens is 1. The summed E-state index contributed by atoms with van der Waals surface area (Å²) in [7, 11) is 0. The molecule has 5 nitrogen and oxygen atoms in total. The maximum atomic E-state index is 13.3. The Bertz CT molecular complexity index is 713. The van der Waals surface area contributed by atoms with Crippen molar-refractivity contribution in [1.29, 1.82) is 0 Å². The lowest BCUT2D eigenvalue weighted by atomic mass is 10.1. The lowest BCUT2D eigenvalue weighted by Gasteiger charge is -2.05. The van der Waals surface area contributed by atoms with Crippen molar-refractivity contribution in [1.82, 2.24) is 5.16 Å². The molecule has 1 heterocycles. The van der Waals surface area contributed by atoms with Gasteiger partial charge in [0.1, 0.15) is 11.6 Å². The fraction of sp³-hybridized carbons (Fsp3) is 0.200. The fourth-order valence-electron chi connectivity index (χ4n) is 1.60. The van der Waals surface area contributed by atoms with Gasteiger partial charge in [0, 0.05) is 12.5 Å². The topological polar surface area (TPSA) is 75.4 Å². The van der Waals surface area contributed by atoms with Gasteiger partial charge in [0.15, 0.2) is 5.69 Å². The summed E-state index contributed by atoms with van der Waals surface area (Å²) >= 11 is 0. The van der Waals surface area contributed by atoms with Crippen LogP contribution in [-0.2, 0) is 0 Å². The first kappa shape index (κ1) is 14.8. The second kappa shape index (κ2) is 6.68. The molecule has 0 unspecified atom stereocenters. The molecule has 108 valence electrons. The smallest absolute Gasteiger partial charge is 0.277 e. The standard InChI is InChI=1S/C15H13FN2O3/c1-10-8-14(18-21-10)15(20)17-13-6-5-12(16)9-11(13)4-2-3-7-19/h5-6,8-9,19H,3,7H2,1H3,(H,17,20). The second-order valence-electron chi connectivity index (χ2n) is 4.24. The van der Waals surface area contributed by atoms with E-state index in [-0.39, 0.29) is 18.7 Å². The summed E-state index contributed by atoms with van der Waals surface area (Å²) in [6.07, 6.45) is 0.270. The van der Waals surface area contributed by atoms with Crippen LogP contribution in [0.5, 0.6) is 0 Å². The van der Waals surface area contributed by atoms with E-state index in [2.05, 4.69) is 22.3 Å². The molecule has 2 aromatic rings. The van der Waals surface area contributed by atoms with E-state index in [0.29, 0.717) is 17.0 Å². The molecule has 0 aliphatic carbocycles. The quantitative estimate of drug-likeness (QED) is 0.848. The number of benzene rings is 1. The first-order valence-electron chi connectivity index (χ1n) is 6.24. The van der Waals surface area contributed by atoms with Crippen molar-refractivity contribution in [3.8, 4) is 11.8 Å². The third kappa shape index (κ3) is 3.91. The van der Waals surface area contributed by atoms with Crippen molar-refractivity contribution in [2.75, 3.05) is 11.9 Å². The van der Waals surface area contributed by atoms with Crippen molar-refractivity contribution in [3.05, 3.63) is 47.1 Å². The lowest BCUT2D eigenvalue weighted by Crippen LogP contribution is -2.13. The molecule has 0 saturated carbocycles.